The second kappa shape index (κ2) is 6.23. The van der Waals surface area contributed by atoms with E-state index in [0.717, 1.165) is 71.7 Å². The predicted octanol–water partition coefficient (Wildman–Crippen LogP) is 3.52. The number of fused-ring (bicyclic) bond motifs is 2. The lowest BCUT2D eigenvalue weighted by Gasteiger charge is -2.25. The molecule has 1 fully saturated rings. The van der Waals surface area contributed by atoms with Gasteiger partial charge in [0.25, 0.3) is 0 Å². The van der Waals surface area contributed by atoms with Crippen LogP contribution in [0, 0.1) is 5.82 Å². The molecule has 4 aromatic rings. The fourth-order valence-corrected chi connectivity index (χ4v) is 3.61. The zero-order valence-corrected chi connectivity index (χ0v) is 14.3. The minimum absolute atomic E-state index is 0.242. The first-order valence-electron chi connectivity index (χ1n) is 8.86. The normalized spacial score (nSPS) is 15.9. The zero-order valence-electron chi connectivity index (χ0n) is 14.3. The molecular weight excluding hydrogens is 331 g/mol. The van der Waals surface area contributed by atoms with Crippen LogP contribution in [0.15, 0.2) is 47.0 Å². The summed E-state index contributed by atoms with van der Waals surface area (Å²) in [6, 6.07) is 10.8. The standard InChI is InChI=1S/C20H19FN4O/c21-14-2-3-15-16(11-23-18(15)10-14)13-1-4-17-19(9-13)26-20(24-17)12-25-7-5-22-6-8-25/h1-4,9-11,22-23H,5-8,12H2. The van der Waals surface area contributed by atoms with Crippen molar-refractivity contribution >= 4 is 22.0 Å². The molecule has 5 nitrogen and oxygen atoms in total. The molecule has 2 aromatic carbocycles. The third kappa shape index (κ3) is 2.77. The van der Waals surface area contributed by atoms with Crippen LogP contribution in [0.5, 0.6) is 0 Å². The van der Waals surface area contributed by atoms with E-state index >= 15 is 0 Å². The summed E-state index contributed by atoms with van der Waals surface area (Å²) in [5, 5.41) is 4.34. The first kappa shape index (κ1) is 15.5. The lowest BCUT2D eigenvalue weighted by molar-refractivity contribution is 0.214. The van der Waals surface area contributed by atoms with Gasteiger partial charge in [0.1, 0.15) is 11.3 Å². The monoisotopic (exact) mass is 350 g/mol. The van der Waals surface area contributed by atoms with Gasteiger partial charge < -0.3 is 14.7 Å². The number of nitrogens with zero attached hydrogens (tertiary/aromatic N) is 2. The molecular formula is C20H19FN4O. The quantitative estimate of drug-likeness (QED) is 0.594. The van der Waals surface area contributed by atoms with Gasteiger partial charge in [-0.2, -0.15) is 0 Å². The summed E-state index contributed by atoms with van der Waals surface area (Å²) in [4.78, 5) is 10.1. The summed E-state index contributed by atoms with van der Waals surface area (Å²) in [6.07, 6.45) is 1.91. The Bertz CT molecular complexity index is 1080. The lowest BCUT2D eigenvalue weighted by Crippen LogP contribution is -2.42. The number of halogens is 1. The fourth-order valence-electron chi connectivity index (χ4n) is 3.61. The molecule has 0 spiro atoms. The summed E-state index contributed by atoms with van der Waals surface area (Å²) >= 11 is 0. The predicted molar refractivity (Wildman–Crippen MR) is 99.4 cm³/mol. The molecule has 3 heterocycles. The highest BCUT2D eigenvalue weighted by Crippen LogP contribution is 2.31. The Morgan fingerprint density at radius 2 is 2.00 bits per heavy atom. The van der Waals surface area contributed by atoms with Crippen molar-refractivity contribution in [3.8, 4) is 11.1 Å². The van der Waals surface area contributed by atoms with Crippen LogP contribution in [0.25, 0.3) is 33.1 Å². The highest BCUT2D eigenvalue weighted by Gasteiger charge is 2.15. The summed E-state index contributed by atoms with van der Waals surface area (Å²) in [7, 11) is 0. The molecule has 1 aliphatic rings. The van der Waals surface area contributed by atoms with Gasteiger partial charge in [0.2, 0.25) is 5.89 Å². The van der Waals surface area contributed by atoms with Crippen molar-refractivity contribution < 1.29 is 8.81 Å². The molecule has 132 valence electrons. The zero-order chi connectivity index (χ0) is 17.5. The Kier molecular flexibility index (Phi) is 3.72. The molecule has 2 aromatic heterocycles. The van der Waals surface area contributed by atoms with Crippen molar-refractivity contribution in [3.05, 3.63) is 54.3 Å². The first-order valence-corrected chi connectivity index (χ1v) is 8.86. The fraction of sp³-hybridized carbons (Fsp3) is 0.250. The molecule has 0 saturated carbocycles. The van der Waals surface area contributed by atoms with Crippen LogP contribution in [0.1, 0.15) is 5.89 Å². The van der Waals surface area contributed by atoms with Crippen molar-refractivity contribution in [3.63, 3.8) is 0 Å². The third-order valence-electron chi connectivity index (χ3n) is 4.96. The molecule has 26 heavy (non-hydrogen) atoms. The Morgan fingerprint density at radius 3 is 2.88 bits per heavy atom. The molecule has 6 heteroatoms. The number of rotatable bonds is 3. The van der Waals surface area contributed by atoms with E-state index in [1.165, 1.54) is 12.1 Å². The Labute approximate surface area is 149 Å². The van der Waals surface area contributed by atoms with Gasteiger partial charge in [0.05, 0.1) is 6.54 Å². The SMILES string of the molecule is Fc1ccc2c(-c3ccc4nc(CN5CCNCC5)oc4c3)c[nH]c2c1. The van der Waals surface area contributed by atoms with E-state index < -0.39 is 0 Å². The van der Waals surface area contributed by atoms with Gasteiger partial charge in [-0.3, -0.25) is 4.90 Å². The molecule has 0 radical (unpaired) electrons. The first-order chi connectivity index (χ1) is 12.8. The molecule has 0 aliphatic carbocycles. The average molecular weight is 350 g/mol. The molecule has 1 saturated heterocycles. The number of aromatic amines is 1. The summed E-state index contributed by atoms with van der Waals surface area (Å²) < 4.78 is 19.4. The van der Waals surface area contributed by atoms with E-state index in [1.807, 2.05) is 24.4 Å². The average Bonchev–Trinajstić information content (AvgIpc) is 3.24. The van der Waals surface area contributed by atoms with Gasteiger partial charge in [0, 0.05) is 48.8 Å². The molecule has 2 N–H and O–H groups in total. The van der Waals surface area contributed by atoms with Gasteiger partial charge in [0.15, 0.2) is 5.58 Å². The topological polar surface area (TPSA) is 57.1 Å². The number of oxazole rings is 1. The van der Waals surface area contributed by atoms with Crippen LogP contribution in [-0.2, 0) is 6.54 Å². The van der Waals surface area contributed by atoms with Crippen LogP contribution in [-0.4, -0.2) is 41.0 Å². The lowest BCUT2D eigenvalue weighted by atomic mass is 10.0. The molecule has 1 aliphatic heterocycles. The number of hydrogen-bond donors (Lipinski definition) is 2. The van der Waals surface area contributed by atoms with Crippen molar-refractivity contribution in [1.82, 2.24) is 20.2 Å². The number of H-pyrrole nitrogens is 1. The maximum atomic E-state index is 13.4. The summed E-state index contributed by atoms with van der Waals surface area (Å²) in [5.41, 5.74) is 4.49. The second-order valence-electron chi connectivity index (χ2n) is 6.71. The smallest absolute Gasteiger partial charge is 0.209 e. The van der Waals surface area contributed by atoms with Gasteiger partial charge in [-0.25, -0.2) is 9.37 Å². The van der Waals surface area contributed by atoms with Gasteiger partial charge in [-0.1, -0.05) is 6.07 Å². The number of hydrogen-bond acceptors (Lipinski definition) is 4. The van der Waals surface area contributed by atoms with E-state index in [9.17, 15) is 4.39 Å². The van der Waals surface area contributed by atoms with Crippen molar-refractivity contribution in [1.29, 1.82) is 0 Å². The second-order valence-corrected chi connectivity index (χ2v) is 6.71. The third-order valence-corrected chi connectivity index (χ3v) is 4.96. The highest BCUT2D eigenvalue weighted by molar-refractivity contribution is 5.97. The molecule has 0 atom stereocenters. The number of benzene rings is 2. The van der Waals surface area contributed by atoms with Gasteiger partial charge >= 0.3 is 0 Å². The molecule has 0 unspecified atom stereocenters. The highest BCUT2D eigenvalue weighted by atomic mass is 19.1. The Balaban J connectivity index is 1.49. The maximum absolute atomic E-state index is 13.4. The number of nitrogens with one attached hydrogen (secondary N) is 2. The maximum Gasteiger partial charge on any atom is 0.209 e. The Hall–Kier alpha value is -2.70. The van der Waals surface area contributed by atoms with Crippen LogP contribution in [0.4, 0.5) is 4.39 Å². The largest absolute Gasteiger partial charge is 0.439 e. The number of aromatic nitrogens is 2. The minimum Gasteiger partial charge on any atom is -0.439 e. The molecule has 5 rings (SSSR count). The van der Waals surface area contributed by atoms with Crippen LogP contribution >= 0.6 is 0 Å². The number of piperazine rings is 1. The Morgan fingerprint density at radius 1 is 1.12 bits per heavy atom. The van der Waals surface area contributed by atoms with Crippen molar-refractivity contribution in [2.75, 3.05) is 26.2 Å². The van der Waals surface area contributed by atoms with E-state index in [1.54, 1.807) is 6.07 Å². The van der Waals surface area contributed by atoms with Gasteiger partial charge in [-0.05, 0) is 35.9 Å². The minimum atomic E-state index is -0.242. The van der Waals surface area contributed by atoms with E-state index in [-0.39, 0.29) is 5.82 Å². The van der Waals surface area contributed by atoms with Crippen LogP contribution in [0.3, 0.4) is 0 Å². The van der Waals surface area contributed by atoms with Crippen LogP contribution in [0.2, 0.25) is 0 Å². The van der Waals surface area contributed by atoms with E-state index in [4.69, 9.17) is 4.42 Å². The molecule has 0 bridgehead atoms. The van der Waals surface area contributed by atoms with Crippen molar-refractivity contribution in [2.24, 2.45) is 0 Å². The van der Waals surface area contributed by atoms with Crippen molar-refractivity contribution in [2.45, 2.75) is 6.54 Å². The van der Waals surface area contributed by atoms with Crippen LogP contribution < -0.4 is 5.32 Å². The summed E-state index contributed by atoms with van der Waals surface area (Å²) in [5.74, 6) is 0.509. The van der Waals surface area contributed by atoms with E-state index in [2.05, 4.69) is 20.2 Å². The van der Waals surface area contributed by atoms with Gasteiger partial charge in [-0.15, -0.1) is 0 Å². The molecule has 0 amide bonds. The van der Waals surface area contributed by atoms with E-state index in [0.29, 0.717) is 0 Å². The summed E-state index contributed by atoms with van der Waals surface area (Å²) in [6.45, 7) is 4.76.